The first-order valence-electron chi connectivity index (χ1n) is 8.16. The Bertz CT molecular complexity index is 1040. The number of hydrogen-bond acceptors (Lipinski definition) is 9. The van der Waals surface area contributed by atoms with Gasteiger partial charge in [0.2, 0.25) is 5.96 Å². The lowest BCUT2D eigenvalue weighted by atomic mass is 10.2. The van der Waals surface area contributed by atoms with Crippen LogP contribution in [0.5, 0.6) is 11.5 Å². The van der Waals surface area contributed by atoms with Crippen LogP contribution >= 0.6 is 12.4 Å². The molecule has 31 heavy (non-hydrogen) atoms. The summed E-state index contributed by atoms with van der Waals surface area (Å²) >= 11 is 0. The van der Waals surface area contributed by atoms with Crippen LogP contribution in [0.4, 0.5) is 11.4 Å². The van der Waals surface area contributed by atoms with Gasteiger partial charge in [-0.1, -0.05) is 0 Å². The minimum absolute atomic E-state index is 0. The maximum Gasteiger partial charge on any atom is 0.273 e. The number of ether oxygens (including phenoxy) is 2. The number of non-ortho nitro benzene ring substituents is 2. The molecular weight excluding hydrogens is 434 g/mol. The Labute approximate surface area is 182 Å². The van der Waals surface area contributed by atoms with Gasteiger partial charge in [0.05, 0.1) is 48.6 Å². The van der Waals surface area contributed by atoms with Gasteiger partial charge in [0.25, 0.3) is 11.4 Å². The monoisotopic (exact) mass is 451 g/mol. The smallest absolute Gasteiger partial charge is 0.273 e. The first kappa shape index (κ1) is 24.8. The van der Waals surface area contributed by atoms with E-state index in [1.54, 1.807) is 0 Å². The predicted molar refractivity (Wildman–Crippen MR) is 116 cm³/mol. The topological polar surface area (TPSA) is 180 Å². The summed E-state index contributed by atoms with van der Waals surface area (Å²) < 4.78 is 10.2. The van der Waals surface area contributed by atoms with E-state index in [0.29, 0.717) is 11.1 Å². The number of nitrogens with one attached hydrogen (secondary N) is 1. The van der Waals surface area contributed by atoms with E-state index >= 15 is 0 Å². The fraction of sp³-hybridized carbons (Fsp3) is 0.118. The van der Waals surface area contributed by atoms with Crippen molar-refractivity contribution in [2.45, 2.75) is 0 Å². The normalized spacial score (nSPS) is 11.2. The Kier molecular flexibility index (Phi) is 9.33. The second kappa shape index (κ2) is 11.7. The predicted octanol–water partition coefficient (Wildman–Crippen LogP) is 2.21. The van der Waals surface area contributed by atoms with Crippen molar-refractivity contribution in [1.82, 2.24) is 5.43 Å². The van der Waals surface area contributed by atoms with Crippen LogP contribution < -0.4 is 20.6 Å². The van der Waals surface area contributed by atoms with Gasteiger partial charge in [-0.2, -0.15) is 10.2 Å². The fourth-order valence-corrected chi connectivity index (χ4v) is 2.18. The number of rotatable bonds is 8. The number of nitrogens with zero attached hydrogens (tertiary/aromatic N) is 5. The van der Waals surface area contributed by atoms with Crippen molar-refractivity contribution in [2.24, 2.45) is 21.0 Å². The molecule has 0 saturated carbocycles. The molecule has 0 fully saturated rings. The SMILES string of the molecule is COc1cc([N+](=O)[O-])ccc1/C=N/N=C(/N)N/N=C/c1ccc([N+](=O)[O-])cc1OC.Cl. The van der Waals surface area contributed by atoms with Gasteiger partial charge >= 0.3 is 0 Å². The summed E-state index contributed by atoms with van der Waals surface area (Å²) in [7, 11) is 2.75. The molecule has 0 bridgehead atoms. The zero-order valence-corrected chi connectivity index (χ0v) is 17.1. The number of nitro groups is 2. The number of guanidine groups is 1. The number of hydrazone groups is 1. The zero-order chi connectivity index (χ0) is 22.1. The maximum atomic E-state index is 10.8. The quantitative estimate of drug-likeness (QED) is 0.265. The van der Waals surface area contributed by atoms with Gasteiger partial charge in [-0.05, 0) is 12.1 Å². The van der Waals surface area contributed by atoms with Crippen LogP contribution in [-0.2, 0) is 0 Å². The number of nitrogens with two attached hydrogens (primary N) is 1. The van der Waals surface area contributed by atoms with Gasteiger partial charge < -0.3 is 15.2 Å². The van der Waals surface area contributed by atoms with Crippen LogP contribution in [0.3, 0.4) is 0 Å². The summed E-state index contributed by atoms with van der Waals surface area (Å²) in [5.41, 5.74) is 8.77. The van der Waals surface area contributed by atoms with Crippen molar-refractivity contribution in [2.75, 3.05) is 14.2 Å². The molecule has 0 aliphatic carbocycles. The molecule has 0 heterocycles. The van der Waals surface area contributed by atoms with Crippen molar-refractivity contribution >= 4 is 42.2 Å². The van der Waals surface area contributed by atoms with E-state index in [1.807, 2.05) is 0 Å². The highest BCUT2D eigenvalue weighted by molar-refractivity contribution is 5.87. The molecule has 3 N–H and O–H groups in total. The lowest BCUT2D eigenvalue weighted by Crippen LogP contribution is -2.26. The van der Waals surface area contributed by atoms with Crippen LogP contribution in [0.1, 0.15) is 11.1 Å². The van der Waals surface area contributed by atoms with Gasteiger partial charge in [-0.25, -0.2) is 5.43 Å². The van der Waals surface area contributed by atoms with Crippen molar-refractivity contribution in [3.63, 3.8) is 0 Å². The summed E-state index contributed by atoms with van der Waals surface area (Å²) in [6.45, 7) is 0. The molecule has 2 rings (SSSR count). The van der Waals surface area contributed by atoms with E-state index in [2.05, 4.69) is 20.7 Å². The lowest BCUT2D eigenvalue weighted by molar-refractivity contribution is -0.385. The van der Waals surface area contributed by atoms with Gasteiger partial charge in [0.15, 0.2) is 0 Å². The average molecular weight is 452 g/mol. The number of halogens is 1. The van der Waals surface area contributed by atoms with Crippen LogP contribution in [0.15, 0.2) is 51.7 Å². The molecule has 0 spiro atoms. The number of nitro benzene ring substituents is 2. The van der Waals surface area contributed by atoms with E-state index in [4.69, 9.17) is 15.2 Å². The molecule has 0 amide bonds. The largest absolute Gasteiger partial charge is 0.496 e. The van der Waals surface area contributed by atoms with Crippen molar-refractivity contribution in [3.05, 3.63) is 67.8 Å². The van der Waals surface area contributed by atoms with Crippen LogP contribution in [0.25, 0.3) is 0 Å². The molecule has 2 aromatic carbocycles. The van der Waals surface area contributed by atoms with Crippen molar-refractivity contribution < 1.29 is 19.3 Å². The number of hydrogen-bond donors (Lipinski definition) is 2. The Balaban J connectivity index is 0.00000480. The summed E-state index contributed by atoms with van der Waals surface area (Å²) in [5.74, 6) is 0.357. The maximum absolute atomic E-state index is 10.8. The van der Waals surface area contributed by atoms with Crippen LogP contribution in [0.2, 0.25) is 0 Å². The highest BCUT2D eigenvalue weighted by atomic mass is 35.5. The second-order valence-corrected chi connectivity index (χ2v) is 5.47. The minimum atomic E-state index is -0.540. The Hall–Kier alpha value is -4.26. The highest BCUT2D eigenvalue weighted by Crippen LogP contribution is 2.24. The molecule has 2 aromatic rings. The van der Waals surface area contributed by atoms with Crippen molar-refractivity contribution in [3.8, 4) is 11.5 Å². The molecule has 0 saturated heterocycles. The summed E-state index contributed by atoms with van der Waals surface area (Å²) in [6.07, 6.45) is 2.65. The summed E-state index contributed by atoms with van der Waals surface area (Å²) in [5, 5.41) is 32.9. The van der Waals surface area contributed by atoms with E-state index < -0.39 is 9.85 Å². The molecule has 164 valence electrons. The minimum Gasteiger partial charge on any atom is -0.496 e. The highest BCUT2D eigenvalue weighted by Gasteiger charge is 2.11. The Morgan fingerprint density at radius 3 is 1.90 bits per heavy atom. The average Bonchev–Trinajstić information content (AvgIpc) is 2.73. The van der Waals surface area contributed by atoms with Gasteiger partial charge in [0, 0.05) is 23.3 Å². The molecule has 13 nitrogen and oxygen atoms in total. The third-order valence-corrected chi connectivity index (χ3v) is 3.60. The standard InChI is InChI=1S/C17H17N7O6.ClH/c1-29-15-7-13(23(25)26)5-3-11(15)9-19-21-17(18)22-20-10-12-4-6-14(24(27)28)8-16(12)30-2;/h3-10H,1-2H3,(H3,18,21,22);1H/b19-9+,20-10+;. The first-order valence-corrected chi connectivity index (χ1v) is 8.16. The van der Waals surface area contributed by atoms with Crippen LogP contribution in [-0.4, -0.2) is 42.5 Å². The second-order valence-electron chi connectivity index (χ2n) is 5.47. The van der Waals surface area contributed by atoms with Crippen LogP contribution in [0, 0.1) is 20.2 Å². The molecule has 0 radical (unpaired) electrons. The fourth-order valence-electron chi connectivity index (χ4n) is 2.18. The third kappa shape index (κ3) is 6.93. The van der Waals surface area contributed by atoms with Gasteiger partial charge in [-0.3, -0.25) is 20.2 Å². The molecule has 14 heteroatoms. The summed E-state index contributed by atoms with van der Waals surface area (Å²) in [6, 6.07) is 8.06. The van der Waals surface area contributed by atoms with E-state index in [0.717, 1.165) is 0 Å². The third-order valence-electron chi connectivity index (χ3n) is 3.60. The zero-order valence-electron chi connectivity index (χ0n) is 16.3. The van der Waals surface area contributed by atoms with Crippen molar-refractivity contribution in [1.29, 1.82) is 0 Å². The lowest BCUT2D eigenvalue weighted by Gasteiger charge is -2.04. The number of methoxy groups -OCH3 is 2. The van der Waals surface area contributed by atoms with E-state index in [9.17, 15) is 20.2 Å². The van der Waals surface area contributed by atoms with Gasteiger partial charge in [0.1, 0.15) is 11.5 Å². The first-order chi connectivity index (χ1) is 14.3. The van der Waals surface area contributed by atoms with Gasteiger partial charge in [-0.15, -0.1) is 17.5 Å². The Morgan fingerprint density at radius 2 is 1.45 bits per heavy atom. The van der Waals surface area contributed by atoms with E-state index in [-0.39, 0.29) is 41.2 Å². The van der Waals surface area contributed by atoms with E-state index in [1.165, 1.54) is 63.0 Å². The molecule has 0 atom stereocenters. The Morgan fingerprint density at radius 1 is 0.968 bits per heavy atom. The molecule has 0 aromatic heterocycles. The molecule has 0 unspecified atom stereocenters. The summed E-state index contributed by atoms with van der Waals surface area (Å²) in [4.78, 5) is 20.5. The number of benzene rings is 2. The molecule has 0 aliphatic heterocycles. The molecule has 0 aliphatic rings. The molecular formula is C17H18ClN7O6.